The maximum atomic E-state index is 9.26. The van der Waals surface area contributed by atoms with Crippen molar-refractivity contribution in [2.24, 2.45) is 10.6 Å². The summed E-state index contributed by atoms with van der Waals surface area (Å²) in [5, 5.41) is 13.5. The van der Waals surface area contributed by atoms with Gasteiger partial charge in [0.15, 0.2) is 5.15 Å². The number of hydrogen-bond acceptors (Lipinski definition) is 5. The lowest BCUT2D eigenvalue weighted by molar-refractivity contribution is -0.168. The van der Waals surface area contributed by atoms with Crippen LogP contribution in [0.25, 0.3) is 5.65 Å². The van der Waals surface area contributed by atoms with Crippen molar-refractivity contribution in [3.63, 3.8) is 0 Å². The Morgan fingerprint density at radius 1 is 1.55 bits per heavy atom. The Hall–Kier alpha value is -1.63. The molecule has 2 aromatic rings. The SMILES string of the molecule is OCC1(CO/N=C/c2c(Cl)nc3ccccn23)COC1. The van der Waals surface area contributed by atoms with E-state index in [2.05, 4.69) is 10.1 Å². The van der Waals surface area contributed by atoms with E-state index in [0.29, 0.717) is 30.7 Å². The molecular weight excluding hydrogens is 282 g/mol. The summed E-state index contributed by atoms with van der Waals surface area (Å²) in [5.41, 5.74) is 1.09. The highest BCUT2D eigenvalue weighted by molar-refractivity contribution is 6.32. The van der Waals surface area contributed by atoms with Gasteiger partial charge in [-0.3, -0.25) is 4.40 Å². The second-order valence-corrected chi connectivity index (χ2v) is 5.23. The van der Waals surface area contributed by atoms with Gasteiger partial charge < -0.3 is 14.7 Å². The predicted molar refractivity (Wildman–Crippen MR) is 74.1 cm³/mol. The van der Waals surface area contributed by atoms with Crippen LogP contribution in [0.1, 0.15) is 5.69 Å². The van der Waals surface area contributed by atoms with Crippen molar-refractivity contribution in [2.45, 2.75) is 0 Å². The molecule has 20 heavy (non-hydrogen) atoms. The number of aromatic nitrogens is 2. The van der Waals surface area contributed by atoms with Crippen molar-refractivity contribution >= 4 is 23.5 Å². The molecule has 1 N–H and O–H groups in total. The number of aliphatic hydroxyl groups is 1. The lowest BCUT2D eigenvalue weighted by Crippen LogP contribution is -2.48. The van der Waals surface area contributed by atoms with Gasteiger partial charge in [0.1, 0.15) is 17.9 Å². The van der Waals surface area contributed by atoms with Crippen LogP contribution < -0.4 is 0 Å². The Balaban J connectivity index is 1.70. The van der Waals surface area contributed by atoms with Gasteiger partial charge in [0, 0.05) is 6.20 Å². The number of imidazole rings is 1. The molecule has 106 valence electrons. The minimum atomic E-state index is -0.319. The van der Waals surface area contributed by atoms with Gasteiger partial charge in [-0.2, -0.15) is 0 Å². The fraction of sp³-hybridized carbons (Fsp3) is 0.385. The number of nitrogens with zero attached hydrogens (tertiary/aromatic N) is 3. The van der Waals surface area contributed by atoms with E-state index >= 15 is 0 Å². The smallest absolute Gasteiger partial charge is 0.157 e. The van der Waals surface area contributed by atoms with E-state index in [1.165, 1.54) is 6.21 Å². The molecule has 0 unspecified atom stereocenters. The molecule has 0 atom stereocenters. The zero-order chi connectivity index (χ0) is 14.0. The summed E-state index contributed by atoms with van der Waals surface area (Å²) in [6, 6.07) is 5.63. The first kappa shape index (κ1) is 13.4. The number of ether oxygens (including phenoxy) is 1. The number of pyridine rings is 1. The molecule has 0 aliphatic carbocycles. The summed E-state index contributed by atoms with van der Waals surface area (Å²) in [7, 11) is 0. The van der Waals surface area contributed by atoms with Crippen LogP contribution in [-0.4, -0.2) is 47.1 Å². The Kier molecular flexibility index (Phi) is 3.60. The molecule has 7 heteroatoms. The average Bonchev–Trinajstić information content (AvgIpc) is 2.73. The third-order valence-electron chi connectivity index (χ3n) is 3.29. The van der Waals surface area contributed by atoms with Crippen LogP contribution in [0.4, 0.5) is 0 Å². The van der Waals surface area contributed by atoms with Gasteiger partial charge in [-0.05, 0) is 12.1 Å². The summed E-state index contributed by atoms with van der Waals surface area (Å²) in [6.07, 6.45) is 3.37. The standard InChI is InChI=1S/C13H14ClN3O3/c14-12-10(17-4-2-1-3-11(17)16-12)5-15-20-9-13(6-18)7-19-8-13/h1-5,18H,6-9H2/b15-5+. The molecule has 0 radical (unpaired) electrons. The van der Waals surface area contributed by atoms with Crippen LogP contribution in [0.15, 0.2) is 29.6 Å². The van der Waals surface area contributed by atoms with Crippen LogP contribution in [0, 0.1) is 5.41 Å². The van der Waals surface area contributed by atoms with Crippen molar-refractivity contribution in [2.75, 3.05) is 26.4 Å². The molecule has 0 saturated carbocycles. The molecule has 0 bridgehead atoms. The highest BCUT2D eigenvalue weighted by Gasteiger charge is 2.39. The second kappa shape index (κ2) is 5.40. The van der Waals surface area contributed by atoms with Gasteiger partial charge >= 0.3 is 0 Å². The van der Waals surface area contributed by atoms with E-state index in [-0.39, 0.29) is 12.0 Å². The molecular formula is C13H14ClN3O3. The number of aliphatic hydroxyl groups excluding tert-OH is 1. The average molecular weight is 296 g/mol. The lowest BCUT2D eigenvalue weighted by Gasteiger charge is -2.38. The first-order chi connectivity index (χ1) is 9.74. The lowest BCUT2D eigenvalue weighted by atomic mass is 9.88. The summed E-state index contributed by atoms with van der Waals surface area (Å²) < 4.78 is 6.90. The van der Waals surface area contributed by atoms with Crippen LogP contribution >= 0.6 is 11.6 Å². The number of fused-ring (bicyclic) bond motifs is 1. The highest BCUT2D eigenvalue weighted by Crippen LogP contribution is 2.27. The third-order valence-corrected chi connectivity index (χ3v) is 3.57. The molecule has 1 saturated heterocycles. The van der Waals surface area contributed by atoms with E-state index in [0.717, 1.165) is 5.65 Å². The van der Waals surface area contributed by atoms with E-state index in [1.807, 2.05) is 28.8 Å². The van der Waals surface area contributed by atoms with E-state index < -0.39 is 0 Å². The zero-order valence-corrected chi connectivity index (χ0v) is 11.5. The molecule has 6 nitrogen and oxygen atoms in total. The molecule has 3 heterocycles. The normalized spacial score (nSPS) is 17.5. The molecule has 0 spiro atoms. The Labute approximate surface area is 120 Å². The van der Waals surface area contributed by atoms with Gasteiger partial charge in [0.2, 0.25) is 0 Å². The van der Waals surface area contributed by atoms with Gasteiger partial charge in [-0.25, -0.2) is 4.98 Å². The first-order valence-electron chi connectivity index (χ1n) is 6.21. The Morgan fingerprint density at radius 2 is 2.40 bits per heavy atom. The highest BCUT2D eigenvalue weighted by atomic mass is 35.5. The topological polar surface area (TPSA) is 68.4 Å². The molecule has 0 aromatic carbocycles. The van der Waals surface area contributed by atoms with Crippen molar-refractivity contribution in [1.29, 1.82) is 0 Å². The van der Waals surface area contributed by atoms with Gasteiger partial charge in [0.05, 0.1) is 31.5 Å². The predicted octanol–water partition coefficient (Wildman–Crippen LogP) is 1.35. The van der Waals surface area contributed by atoms with Crippen molar-refractivity contribution in [3.8, 4) is 0 Å². The molecule has 1 aliphatic rings. The molecule has 1 fully saturated rings. The summed E-state index contributed by atoms with van der Waals surface area (Å²) >= 11 is 6.06. The minimum Gasteiger partial charge on any atom is -0.395 e. The van der Waals surface area contributed by atoms with Crippen LogP contribution in [-0.2, 0) is 9.57 Å². The number of halogens is 1. The van der Waals surface area contributed by atoms with Gasteiger partial charge in [-0.1, -0.05) is 22.8 Å². The molecule has 3 rings (SSSR count). The fourth-order valence-corrected chi connectivity index (χ4v) is 2.20. The zero-order valence-electron chi connectivity index (χ0n) is 10.7. The number of hydrogen-bond donors (Lipinski definition) is 1. The molecule has 0 amide bonds. The summed E-state index contributed by atoms with van der Waals surface area (Å²) in [5.74, 6) is 0. The maximum Gasteiger partial charge on any atom is 0.157 e. The quantitative estimate of drug-likeness (QED) is 0.668. The minimum absolute atomic E-state index is 0.0267. The number of oxime groups is 1. The van der Waals surface area contributed by atoms with Crippen LogP contribution in [0.5, 0.6) is 0 Å². The van der Waals surface area contributed by atoms with Crippen LogP contribution in [0.2, 0.25) is 5.15 Å². The van der Waals surface area contributed by atoms with Gasteiger partial charge in [0.25, 0.3) is 0 Å². The Bertz CT molecular complexity index is 631. The van der Waals surface area contributed by atoms with Crippen molar-refractivity contribution < 1.29 is 14.7 Å². The van der Waals surface area contributed by atoms with Crippen LogP contribution in [0.3, 0.4) is 0 Å². The first-order valence-corrected chi connectivity index (χ1v) is 6.58. The number of rotatable bonds is 5. The van der Waals surface area contributed by atoms with Crippen molar-refractivity contribution in [1.82, 2.24) is 9.38 Å². The van der Waals surface area contributed by atoms with Gasteiger partial charge in [-0.15, -0.1) is 0 Å². The Morgan fingerprint density at radius 3 is 3.10 bits per heavy atom. The van der Waals surface area contributed by atoms with E-state index in [9.17, 15) is 5.11 Å². The fourth-order valence-electron chi connectivity index (χ4n) is 1.97. The second-order valence-electron chi connectivity index (χ2n) is 4.88. The summed E-state index contributed by atoms with van der Waals surface area (Å²) in [4.78, 5) is 9.44. The van der Waals surface area contributed by atoms with Crippen molar-refractivity contribution in [3.05, 3.63) is 35.2 Å². The summed E-state index contributed by atoms with van der Waals surface area (Å²) in [6.45, 7) is 1.33. The maximum absolute atomic E-state index is 9.26. The molecule has 2 aromatic heterocycles. The van der Waals surface area contributed by atoms with E-state index in [1.54, 1.807) is 0 Å². The largest absolute Gasteiger partial charge is 0.395 e. The van der Waals surface area contributed by atoms with E-state index in [4.69, 9.17) is 21.2 Å². The third kappa shape index (κ3) is 2.37. The molecule has 1 aliphatic heterocycles. The monoisotopic (exact) mass is 295 g/mol.